The van der Waals surface area contributed by atoms with E-state index >= 15 is 0 Å². The van der Waals surface area contributed by atoms with Crippen LogP contribution in [0.15, 0.2) is 24.3 Å². The second-order valence-electron chi connectivity index (χ2n) is 8.22. The van der Waals surface area contributed by atoms with Gasteiger partial charge < -0.3 is 9.47 Å². The molecule has 3 rings (SSSR count). The number of benzene rings is 2. The zero-order valence-electron chi connectivity index (χ0n) is 18.3. The smallest absolute Gasteiger partial charge is 0.349 e. The lowest BCUT2D eigenvalue weighted by Gasteiger charge is -2.31. The minimum Gasteiger partial charge on any atom is -0.490 e. The predicted molar refractivity (Wildman–Crippen MR) is 113 cm³/mol. The highest BCUT2D eigenvalue weighted by Crippen LogP contribution is 2.32. The molecule has 33 heavy (non-hydrogen) atoms. The Morgan fingerprint density at radius 3 is 2.12 bits per heavy atom. The summed E-state index contributed by atoms with van der Waals surface area (Å²) in [5.41, 5.74) is -1.86. The van der Waals surface area contributed by atoms with Crippen LogP contribution >= 0.6 is 0 Å². The lowest BCUT2D eigenvalue weighted by Crippen LogP contribution is -2.29. The molecule has 2 aromatic carbocycles. The van der Waals surface area contributed by atoms with E-state index in [1.54, 1.807) is 0 Å². The number of carbonyl (C=O) groups excluding carboxylic acids is 1. The van der Waals surface area contributed by atoms with Crippen molar-refractivity contribution >= 4 is 5.97 Å². The van der Waals surface area contributed by atoms with Crippen LogP contribution in [-0.2, 0) is 0 Å². The Labute approximate surface area is 190 Å². The average molecular weight is 463 g/mol. The van der Waals surface area contributed by atoms with Crippen molar-refractivity contribution < 1.29 is 31.8 Å². The fourth-order valence-corrected chi connectivity index (χ4v) is 4.16. The van der Waals surface area contributed by atoms with Crippen molar-refractivity contribution in [2.75, 3.05) is 0 Å². The second-order valence-corrected chi connectivity index (χ2v) is 8.22. The van der Waals surface area contributed by atoms with Crippen molar-refractivity contribution in [3.63, 3.8) is 0 Å². The summed E-state index contributed by atoms with van der Waals surface area (Å²) in [6.45, 7) is 2.06. The molecule has 0 amide bonds. The number of hydrogen-bond donors (Lipinski definition) is 0. The fraction of sp³-hybridized carbons (Fsp3) is 0.440. The molecule has 176 valence electrons. The first-order chi connectivity index (χ1) is 15.8. The number of rotatable bonds is 8. The molecule has 2 aromatic rings. The van der Waals surface area contributed by atoms with Crippen molar-refractivity contribution in [3.05, 3.63) is 58.7 Å². The molecule has 8 heteroatoms. The number of nitrogens with zero attached hydrogens (tertiary/aromatic N) is 1. The van der Waals surface area contributed by atoms with E-state index in [9.17, 15) is 22.4 Å². The van der Waals surface area contributed by atoms with Crippen LogP contribution in [0.25, 0.3) is 0 Å². The zero-order valence-corrected chi connectivity index (χ0v) is 18.3. The molecule has 0 bridgehead atoms. The number of nitriles is 1. The van der Waals surface area contributed by atoms with Gasteiger partial charge in [0.2, 0.25) is 0 Å². The number of hydrogen-bond acceptors (Lipinski definition) is 4. The minimum absolute atomic E-state index is 0.0244. The van der Waals surface area contributed by atoms with Gasteiger partial charge in [0.15, 0.2) is 0 Å². The summed E-state index contributed by atoms with van der Waals surface area (Å²) in [6.07, 6.45) is 7.86. The Balaban J connectivity index is 1.78. The van der Waals surface area contributed by atoms with Crippen LogP contribution in [0.5, 0.6) is 11.5 Å². The molecule has 0 spiro atoms. The van der Waals surface area contributed by atoms with Crippen LogP contribution in [0.4, 0.5) is 17.6 Å². The quantitative estimate of drug-likeness (QED) is 0.244. The molecule has 1 aliphatic rings. The lowest BCUT2D eigenvalue weighted by atomic mass is 9.83. The highest BCUT2D eigenvalue weighted by Gasteiger charge is 2.27. The molecule has 1 saturated carbocycles. The van der Waals surface area contributed by atoms with E-state index in [0.717, 1.165) is 57.1 Å². The monoisotopic (exact) mass is 463 g/mol. The molecule has 4 nitrogen and oxygen atoms in total. The average Bonchev–Trinajstić information content (AvgIpc) is 2.76. The van der Waals surface area contributed by atoms with Crippen LogP contribution in [0, 0.1) is 40.5 Å². The molecule has 1 fully saturated rings. The number of carbonyl (C=O) groups is 1. The maximum absolute atomic E-state index is 14.7. The zero-order chi connectivity index (χ0) is 24.0. The van der Waals surface area contributed by atoms with E-state index in [4.69, 9.17) is 14.7 Å². The van der Waals surface area contributed by atoms with Gasteiger partial charge in [-0.3, -0.25) is 0 Å². The largest absolute Gasteiger partial charge is 0.490 e. The Hall–Kier alpha value is -3.08. The fourth-order valence-electron chi connectivity index (χ4n) is 4.16. The summed E-state index contributed by atoms with van der Waals surface area (Å²) in [5.74, 6) is -6.73. The Morgan fingerprint density at radius 2 is 1.58 bits per heavy atom. The van der Waals surface area contributed by atoms with E-state index in [1.807, 2.05) is 0 Å². The van der Waals surface area contributed by atoms with Gasteiger partial charge in [-0.05, 0) is 25.2 Å². The van der Waals surface area contributed by atoms with Crippen molar-refractivity contribution in [3.8, 4) is 17.6 Å². The number of ether oxygens (including phenoxy) is 2. The summed E-state index contributed by atoms with van der Waals surface area (Å²) < 4.78 is 67.5. The molecule has 1 unspecified atom stereocenters. The Bertz CT molecular complexity index is 998. The molecule has 0 heterocycles. The van der Waals surface area contributed by atoms with E-state index in [-0.39, 0.29) is 11.9 Å². The van der Waals surface area contributed by atoms with E-state index < -0.39 is 46.1 Å². The third kappa shape index (κ3) is 6.04. The number of halogens is 4. The highest BCUT2D eigenvalue weighted by atomic mass is 19.1. The van der Waals surface area contributed by atoms with Crippen LogP contribution in [0.2, 0.25) is 0 Å². The number of esters is 1. The molecule has 0 saturated heterocycles. The van der Waals surface area contributed by atoms with Gasteiger partial charge >= 0.3 is 5.97 Å². The summed E-state index contributed by atoms with van der Waals surface area (Å²) in [7, 11) is 0. The maximum atomic E-state index is 14.7. The first-order valence-electron chi connectivity index (χ1n) is 11.1. The topological polar surface area (TPSA) is 59.3 Å². The SMILES string of the molecule is CCCCC(Oc1cc(F)c(C(=O)Oc2cc(F)c(C#N)c(F)c2)c(F)c1)C1CCCCC1. The molecular weight excluding hydrogens is 438 g/mol. The Kier molecular flexibility index (Phi) is 8.32. The number of unbranched alkanes of at least 4 members (excludes halogenated alkanes) is 1. The predicted octanol–water partition coefficient (Wildman–Crippen LogP) is 6.85. The van der Waals surface area contributed by atoms with Gasteiger partial charge in [-0.1, -0.05) is 39.0 Å². The lowest BCUT2D eigenvalue weighted by molar-refractivity contribution is 0.0722. The van der Waals surface area contributed by atoms with Crippen LogP contribution < -0.4 is 9.47 Å². The molecule has 0 aromatic heterocycles. The van der Waals surface area contributed by atoms with Gasteiger partial charge in [0.05, 0.1) is 0 Å². The molecule has 1 aliphatic carbocycles. The molecular formula is C25H25F4NO3. The van der Waals surface area contributed by atoms with Crippen molar-refractivity contribution in [1.29, 1.82) is 5.26 Å². The van der Waals surface area contributed by atoms with Gasteiger partial charge in [0, 0.05) is 24.3 Å². The van der Waals surface area contributed by atoms with Crippen LogP contribution in [0.3, 0.4) is 0 Å². The van der Waals surface area contributed by atoms with E-state index in [2.05, 4.69) is 6.92 Å². The summed E-state index contributed by atoms with van der Waals surface area (Å²) >= 11 is 0. The van der Waals surface area contributed by atoms with Crippen LogP contribution in [0.1, 0.15) is 74.2 Å². The maximum Gasteiger partial charge on any atom is 0.349 e. The molecule has 0 radical (unpaired) electrons. The van der Waals surface area contributed by atoms with E-state index in [0.29, 0.717) is 18.1 Å². The van der Waals surface area contributed by atoms with Crippen molar-refractivity contribution in [2.24, 2.45) is 5.92 Å². The highest BCUT2D eigenvalue weighted by molar-refractivity contribution is 5.91. The molecule has 1 atom stereocenters. The van der Waals surface area contributed by atoms with Gasteiger partial charge in [-0.15, -0.1) is 0 Å². The standard InChI is InChI=1S/C25H25F4NO3/c1-2-3-9-23(15-7-5-4-6-8-15)32-16-12-21(28)24(22(29)13-16)25(31)33-17-10-19(26)18(14-30)20(27)11-17/h10-13,15,23H,2-9H2,1H3. The first kappa shape index (κ1) is 24.6. The molecule has 0 N–H and O–H groups in total. The normalized spacial score (nSPS) is 15.0. The van der Waals surface area contributed by atoms with Gasteiger partial charge in [-0.25, -0.2) is 22.4 Å². The third-order valence-corrected chi connectivity index (χ3v) is 5.86. The van der Waals surface area contributed by atoms with Gasteiger partial charge in [0.1, 0.15) is 58.1 Å². The van der Waals surface area contributed by atoms with Crippen molar-refractivity contribution in [2.45, 2.75) is 64.4 Å². The Morgan fingerprint density at radius 1 is 1.00 bits per heavy atom. The minimum atomic E-state index is -1.46. The van der Waals surface area contributed by atoms with Crippen LogP contribution in [-0.4, -0.2) is 12.1 Å². The first-order valence-corrected chi connectivity index (χ1v) is 11.1. The van der Waals surface area contributed by atoms with Gasteiger partial charge in [-0.2, -0.15) is 5.26 Å². The summed E-state index contributed by atoms with van der Waals surface area (Å²) in [4.78, 5) is 12.3. The second kappa shape index (κ2) is 11.2. The third-order valence-electron chi connectivity index (χ3n) is 5.86. The summed E-state index contributed by atoms with van der Waals surface area (Å²) in [6, 6.07) is 4.35. The molecule has 0 aliphatic heterocycles. The van der Waals surface area contributed by atoms with E-state index in [1.165, 1.54) is 12.5 Å². The van der Waals surface area contributed by atoms with Gasteiger partial charge in [0.25, 0.3) is 0 Å². The summed E-state index contributed by atoms with van der Waals surface area (Å²) in [5, 5.41) is 8.69. The van der Waals surface area contributed by atoms with Crippen molar-refractivity contribution in [1.82, 2.24) is 0 Å².